The lowest BCUT2D eigenvalue weighted by Gasteiger charge is -2.27. The molecular weight excluding hydrogens is 513 g/mol. The van der Waals surface area contributed by atoms with Crippen LogP contribution < -0.4 is 4.74 Å². The minimum absolute atomic E-state index is 0.223. The van der Waals surface area contributed by atoms with E-state index in [4.69, 9.17) is 9.84 Å². The van der Waals surface area contributed by atoms with Gasteiger partial charge in [0.2, 0.25) is 0 Å². The number of nitrogens with one attached hydrogen (secondary N) is 1. The fourth-order valence-electron chi connectivity index (χ4n) is 6.10. The maximum atomic E-state index is 13.7. The molecule has 204 valence electrons. The zero-order valence-electron chi connectivity index (χ0n) is 22.3. The van der Waals surface area contributed by atoms with Gasteiger partial charge in [0.25, 0.3) is 0 Å². The Hall–Kier alpha value is -4.04. The van der Waals surface area contributed by atoms with Crippen molar-refractivity contribution in [1.82, 2.24) is 19.5 Å². The molecule has 0 bridgehead atoms. The number of hydrogen-bond donors (Lipinski definition) is 1. The number of fused-ring (bicyclic) bond motifs is 10. The SMILES string of the molecule is CC(C)COc1cccc2c3ccc4[nH]ccc4c3c3c4c(nn3c12)CCN(Cc1ccccc1C(F)(F)F)C4. The summed E-state index contributed by atoms with van der Waals surface area (Å²) in [6, 6.07) is 18.3. The van der Waals surface area contributed by atoms with Crippen molar-refractivity contribution < 1.29 is 17.9 Å². The van der Waals surface area contributed by atoms with Gasteiger partial charge < -0.3 is 9.72 Å². The zero-order chi connectivity index (χ0) is 27.6. The van der Waals surface area contributed by atoms with Crippen LogP contribution in [0.4, 0.5) is 13.2 Å². The number of rotatable bonds is 5. The van der Waals surface area contributed by atoms with Crippen LogP contribution in [0.5, 0.6) is 5.75 Å². The van der Waals surface area contributed by atoms with Crippen LogP contribution in [-0.2, 0) is 25.7 Å². The largest absolute Gasteiger partial charge is 0.491 e. The van der Waals surface area contributed by atoms with Crippen molar-refractivity contribution in [1.29, 1.82) is 0 Å². The van der Waals surface area contributed by atoms with Crippen molar-refractivity contribution in [3.8, 4) is 5.75 Å². The molecule has 7 rings (SSSR count). The van der Waals surface area contributed by atoms with Crippen molar-refractivity contribution in [3.63, 3.8) is 0 Å². The summed E-state index contributed by atoms with van der Waals surface area (Å²) in [6.07, 6.45) is -1.79. The Labute approximate surface area is 229 Å². The first-order valence-electron chi connectivity index (χ1n) is 13.6. The lowest BCUT2D eigenvalue weighted by atomic mass is 9.97. The molecule has 4 heterocycles. The summed E-state index contributed by atoms with van der Waals surface area (Å²) in [4.78, 5) is 5.43. The van der Waals surface area contributed by atoms with Gasteiger partial charge in [-0.05, 0) is 41.1 Å². The Balaban J connectivity index is 1.44. The van der Waals surface area contributed by atoms with Gasteiger partial charge in [-0.1, -0.05) is 50.2 Å². The van der Waals surface area contributed by atoms with Gasteiger partial charge in [-0.2, -0.15) is 18.3 Å². The van der Waals surface area contributed by atoms with E-state index in [1.165, 1.54) is 12.1 Å². The highest BCUT2D eigenvalue weighted by Gasteiger charge is 2.34. The van der Waals surface area contributed by atoms with Crippen molar-refractivity contribution in [2.45, 2.75) is 39.5 Å². The van der Waals surface area contributed by atoms with Crippen LogP contribution in [0.15, 0.2) is 66.9 Å². The monoisotopic (exact) mass is 542 g/mol. The number of H-pyrrole nitrogens is 1. The topological polar surface area (TPSA) is 45.6 Å². The first kappa shape index (κ1) is 25.0. The number of para-hydroxylation sites is 1. The molecule has 0 amide bonds. The summed E-state index contributed by atoms with van der Waals surface area (Å²) in [5.74, 6) is 1.15. The number of aromatic amines is 1. The van der Waals surface area contributed by atoms with Gasteiger partial charge in [0, 0.05) is 59.5 Å². The van der Waals surface area contributed by atoms with Crippen molar-refractivity contribution in [2.24, 2.45) is 5.92 Å². The smallest absolute Gasteiger partial charge is 0.416 e. The van der Waals surface area contributed by atoms with Crippen LogP contribution >= 0.6 is 0 Å². The average molecular weight is 543 g/mol. The predicted octanol–water partition coefficient (Wildman–Crippen LogP) is 7.73. The molecule has 6 aromatic rings. The number of halogens is 3. The summed E-state index contributed by atoms with van der Waals surface area (Å²) in [6.45, 7) is 6.20. The van der Waals surface area contributed by atoms with Gasteiger partial charge in [0.15, 0.2) is 0 Å². The highest BCUT2D eigenvalue weighted by Crippen LogP contribution is 2.41. The third-order valence-electron chi connectivity index (χ3n) is 7.87. The molecule has 1 N–H and O–H groups in total. The molecule has 40 heavy (non-hydrogen) atoms. The lowest BCUT2D eigenvalue weighted by Crippen LogP contribution is -2.30. The van der Waals surface area contributed by atoms with Gasteiger partial charge in [-0.15, -0.1) is 0 Å². The average Bonchev–Trinajstić information content (AvgIpc) is 3.56. The van der Waals surface area contributed by atoms with Crippen LogP contribution in [-0.4, -0.2) is 32.6 Å². The lowest BCUT2D eigenvalue weighted by molar-refractivity contribution is -0.138. The summed E-state index contributed by atoms with van der Waals surface area (Å²) in [5.41, 5.74) is 4.72. The van der Waals surface area contributed by atoms with E-state index in [-0.39, 0.29) is 6.54 Å². The maximum Gasteiger partial charge on any atom is 0.416 e. The van der Waals surface area contributed by atoms with Crippen LogP contribution in [0.3, 0.4) is 0 Å². The van der Waals surface area contributed by atoms with Crippen molar-refractivity contribution >= 4 is 38.1 Å². The maximum absolute atomic E-state index is 13.7. The van der Waals surface area contributed by atoms with Gasteiger partial charge in [-0.25, -0.2) is 4.52 Å². The summed E-state index contributed by atoms with van der Waals surface area (Å²) >= 11 is 0. The molecule has 0 radical (unpaired) electrons. The number of pyridine rings is 1. The number of alkyl halides is 3. The molecule has 0 spiro atoms. The number of aromatic nitrogens is 3. The Morgan fingerprint density at radius 1 is 0.950 bits per heavy atom. The highest BCUT2D eigenvalue weighted by atomic mass is 19.4. The second-order valence-corrected chi connectivity index (χ2v) is 11.1. The van der Waals surface area contributed by atoms with E-state index in [1.54, 1.807) is 12.1 Å². The Bertz CT molecular complexity index is 1900. The summed E-state index contributed by atoms with van der Waals surface area (Å²) in [7, 11) is 0. The summed E-state index contributed by atoms with van der Waals surface area (Å²) < 4.78 is 49.6. The minimum atomic E-state index is -4.39. The molecule has 1 aliphatic heterocycles. The second-order valence-electron chi connectivity index (χ2n) is 11.1. The normalized spacial score (nSPS) is 14.7. The zero-order valence-corrected chi connectivity index (χ0v) is 22.3. The third kappa shape index (κ3) is 4.01. The Morgan fingerprint density at radius 3 is 2.62 bits per heavy atom. The van der Waals surface area contributed by atoms with Gasteiger partial charge in [0.1, 0.15) is 11.3 Å². The van der Waals surface area contributed by atoms with Crippen LogP contribution in [0.1, 0.15) is 36.2 Å². The molecule has 5 nitrogen and oxygen atoms in total. The molecule has 0 unspecified atom stereocenters. The Morgan fingerprint density at radius 2 is 1.80 bits per heavy atom. The first-order valence-corrected chi connectivity index (χ1v) is 13.6. The van der Waals surface area contributed by atoms with E-state index in [1.807, 2.05) is 22.8 Å². The highest BCUT2D eigenvalue weighted by molar-refractivity contribution is 6.23. The molecule has 3 aromatic carbocycles. The number of hydrogen-bond acceptors (Lipinski definition) is 3. The van der Waals surface area contributed by atoms with Crippen LogP contribution in [0.2, 0.25) is 0 Å². The minimum Gasteiger partial charge on any atom is -0.491 e. The fraction of sp³-hybridized carbons (Fsp3) is 0.281. The van der Waals surface area contributed by atoms with Crippen molar-refractivity contribution in [2.75, 3.05) is 13.2 Å². The van der Waals surface area contributed by atoms with Gasteiger partial charge >= 0.3 is 6.18 Å². The molecule has 0 atom stereocenters. The second kappa shape index (κ2) is 9.27. The van der Waals surface area contributed by atoms with E-state index >= 15 is 0 Å². The molecule has 8 heteroatoms. The fourth-order valence-corrected chi connectivity index (χ4v) is 6.10. The predicted molar refractivity (Wildman–Crippen MR) is 152 cm³/mol. The standard InChI is InChI=1S/C32H29F3N4O/c1-19(2)18-40-28-9-5-7-22-21-10-11-26-23(12-14-36-26)29(21)31-24-17-38(15-13-27(24)37-39(31)30(22)28)16-20-6-3-4-8-25(20)32(33,34)35/h3-12,14,19,36H,13,15-18H2,1-2H3. The summed E-state index contributed by atoms with van der Waals surface area (Å²) in [5, 5.41) is 9.48. The molecule has 0 fully saturated rings. The first-order chi connectivity index (χ1) is 19.3. The van der Waals surface area contributed by atoms with Gasteiger partial charge in [0.05, 0.1) is 23.4 Å². The van der Waals surface area contributed by atoms with Crippen LogP contribution in [0.25, 0.3) is 38.1 Å². The van der Waals surface area contributed by atoms with E-state index in [9.17, 15) is 13.2 Å². The van der Waals surface area contributed by atoms with Gasteiger partial charge in [-0.3, -0.25) is 4.90 Å². The molecular formula is C32H29F3N4O. The van der Waals surface area contributed by atoms with Crippen molar-refractivity contribution in [3.05, 3.63) is 89.2 Å². The number of benzene rings is 3. The van der Waals surface area contributed by atoms with E-state index in [2.05, 4.69) is 48.0 Å². The van der Waals surface area contributed by atoms with E-state index in [0.29, 0.717) is 37.6 Å². The number of nitrogens with zero attached hydrogens (tertiary/aromatic N) is 3. The molecule has 0 saturated carbocycles. The molecule has 3 aromatic heterocycles. The molecule has 0 saturated heterocycles. The molecule has 1 aliphatic rings. The van der Waals surface area contributed by atoms with Crippen LogP contribution in [0, 0.1) is 5.92 Å². The number of ether oxygens (including phenoxy) is 1. The Kier molecular flexibility index (Phi) is 5.78. The molecule has 0 aliphatic carbocycles. The quantitative estimate of drug-likeness (QED) is 0.227. The third-order valence-corrected chi connectivity index (χ3v) is 7.87. The van der Waals surface area contributed by atoms with E-state index < -0.39 is 11.7 Å². The van der Waals surface area contributed by atoms with E-state index in [0.717, 1.165) is 55.1 Å².